The fourth-order valence-corrected chi connectivity index (χ4v) is 4.29. The second kappa shape index (κ2) is 6.29. The van der Waals surface area contributed by atoms with Gasteiger partial charge in [-0.25, -0.2) is 0 Å². The minimum atomic E-state index is 1.21. The van der Waals surface area contributed by atoms with E-state index in [9.17, 15) is 0 Å². The Kier molecular flexibility index (Phi) is 3.79. The van der Waals surface area contributed by atoms with Crippen LogP contribution in [0, 0.1) is 3.57 Å². The predicted molar refractivity (Wildman–Crippen MR) is 119 cm³/mol. The van der Waals surface area contributed by atoms with E-state index >= 15 is 0 Å². The Morgan fingerprint density at radius 2 is 1.19 bits per heavy atom. The molecule has 4 aromatic carbocycles. The van der Waals surface area contributed by atoms with Crippen LogP contribution in [0.3, 0.4) is 0 Å². The van der Waals surface area contributed by atoms with E-state index in [0.29, 0.717) is 0 Å². The third-order valence-corrected chi connectivity index (χ3v) is 5.53. The van der Waals surface area contributed by atoms with Crippen LogP contribution >= 0.6 is 22.6 Å². The monoisotopic (exact) mass is 445 g/mol. The van der Waals surface area contributed by atoms with Gasteiger partial charge in [-0.15, -0.1) is 0 Å². The number of benzene rings is 4. The SMILES string of the molecule is Ic1cccc(-c2ccccc2-n2c3ccccc3c3ccccc32)c1. The number of fused-ring (bicyclic) bond motifs is 3. The fraction of sp³-hybridized carbons (Fsp3) is 0. The molecule has 26 heavy (non-hydrogen) atoms. The summed E-state index contributed by atoms with van der Waals surface area (Å²) in [5.41, 5.74) is 6.19. The number of para-hydroxylation sites is 3. The van der Waals surface area contributed by atoms with Crippen molar-refractivity contribution < 1.29 is 0 Å². The van der Waals surface area contributed by atoms with E-state index < -0.39 is 0 Å². The zero-order valence-corrected chi connectivity index (χ0v) is 16.2. The summed E-state index contributed by atoms with van der Waals surface area (Å²) < 4.78 is 3.64. The van der Waals surface area contributed by atoms with Crippen LogP contribution in [0.5, 0.6) is 0 Å². The summed E-state index contributed by atoms with van der Waals surface area (Å²) in [4.78, 5) is 0. The molecular formula is C24H16IN. The first-order valence-electron chi connectivity index (χ1n) is 8.66. The molecule has 0 aliphatic heterocycles. The van der Waals surface area contributed by atoms with Crippen molar-refractivity contribution in [1.82, 2.24) is 4.57 Å². The molecule has 0 saturated carbocycles. The van der Waals surface area contributed by atoms with Gasteiger partial charge in [0.1, 0.15) is 0 Å². The number of halogens is 1. The molecule has 0 fully saturated rings. The van der Waals surface area contributed by atoms with Crippen molar-refractivity contribution in [1.29, 1.82) is 0 Å². The first-order valence-corrected chi connectivity index (χ1v) is 9.74. The van der Waals surface area contributed by atoms with Crippen LogP contribution in [-0.4, -0.2) is 4.57 Å². The molecule has 1 nitrogen and oxygen atoms in total. The van der Waals surface area contributed by atoms with Gasteiger partial charge in [-0.3, -0.25) is 0 Å². The Morgan fingerprint density at radius 3 is 1.88 bits per heavy atom. The van der Waals surface area contributed by atoms with E-state index in [4.69, 9.17) is 0 Å². The van der Waals surface area contributed by atoms with E-state index in [0.717, 1.165) is 0 Å². The highest BCUT2D eigenvalue weighted by Gasteiger charge is 2.14. The van der Waals surface area contributed by atoms with Gasteiger partial charge in [-0.1, -0.05) is 66.7 Å². The molecule has 2 heteroatoms. The Bertz CT molecular complexity index is 1200. The lowest BCUT2D eigenvalue weighted by atomic mass is 10.0. The summed E-state index contributed by atoms with van der Waals surface area (Å²) >= 11 is 2.38. The van der Waals surface area contributed by atoms with Gasteiger partial charge in [-0.2, -0.15) is 0 Å². The molecule has 0 saturated heterocycles. The normalized spacial score (nSPS) is 11.3. The van der Waals surface area contributed by atoms with Gasteiger partial charge in [0.05, 0.1) is 16.7 Å². The second-order valence-corrected chi connectivity index (χ2v) is 7.64. The number of aromatic nitrogens is 1. The topological polar surface area (TPSA) is 4.93 Å². The molecule has 0 spiro atoms. The zero-order valence-electron chi connectivity index (χ0n) is 14.1. The quantitative estimate of drug-likeness (QED) is 0.257. The van der Waals surface area contributed by atoms with Gasteiger partial charge in [0.2, 0.25) is 0 Å². The highest BCUT2D eigenvalue weighted by molar-refractivity contribution is 14.1. The minimum absolute atomic E-state index is 1.21. The smallest absolute Gasteiger partial charge is 0.0541 e. The van der Waals surface area contributed by atoms with Crippen molar-refractivity contribution in [2.24, 2.45) is 0 Å². The largest absolute Gasteiger partial charge is 0.309 e. The van der Waals surface area contributed by atoms with Gasteiger partial charge in [0.15, 0.2) is 0 Å². The molecule has 0 amide bonds. The molecule has 0 bridgehead atoms. The molecule has 5 rings (SSSR count). The van der Waals surface area contributed by atoms with Crippen LogP contribution < -0.4 is 0 Å². The van der Waals surface area contributed by atoms with Crippen molar-refractivity contribution >= 4 is 44.4 Å². The Morgan fingerprint density at radius 1 is 0.577 bits per heavy atom. The van der Waals surface area contributed by atoms with Crippen molar-refractivity contribution in [3.63, 3.8) is 0 Å². The summed E-state index contributed by atoms with van der Waals surface area (Å²) in [6, 6.07) is 34.7. The van der Waals surface area contributed by atoms with E-state index in [2.05, 4.69) is 124 Å². The molecule has 124 valence electrons. The van der Waals surface area contributed by atoms with E-state index in [1.807, 2.05) is 0 Å². The number of hydrogen-bond acceptors (Lipinski definition) is 0. The van der Waals surface area contributed by atoms with Gasteiger partial charge in [0, 0.05) is 19.9 Å². The Hall–Kier alpha value is -2.59. The van der Waals surface area contributed by atoms with Crippen molar-refractivity contribution in [3.8, 4) is 16.8 Å². The van der Waals surface area contributed by atoms with Crippen molar-refractivity contribution in [2.45, 2.75) is 0 Å². The van der Waals surface area contributed by atoms with Crippen LogP contribution in [-0.2, 0) is 0 Å². The molecule has 1 aromatic heterocycles. The van der Waals surface area contributed by atoms with Crippen molar-refractivity contribution in [3.05, 3.63) is 101 Å². The highest BCUT2D eigenvalue weighted by Crippen LogP contribution is 2.36. The maximum atomic E-state index is 2.39. The number of hydrogen-bond donors (Lipinski definition) is 0. The molecule has 5 aromatic rings. The first kappa shape index (κ1) is 15.6. The molecule has 0 N–H and O–H groups in total. The molecule has 0 aliphatic carbocycles. The summed E-state index contributed by atoms with van der Waals surface area (Å²) in [6.07, 6.45) is 0. The Balaban J connectivity index is 1.90. The molecular weight excluding hydrogens is 429 g/mol. The predicted octanol–water partition coefficient (Wildman–Crippen LogP) is 7.06. The average Bonchev–Trinajstić information content (AvgIpc) is 3.02. The maximum absolute atomic E-state index is 2.39. The zero-order chi connectivity index (χ0) is 17.5. The van der Waals surface area contributed by atoms with Gasteiger partial charge in [-0.05, 0) is 58.5 Å². The van der Waals surface area contributed by atoms with Crippen LogP contribution in [0.25, 0.3) is 38.6 Å². The van der Waals surface area contributed by atoms with E-state index in [1.165, 1.54) is 42.2 Å². The van der Waals surface area contributed by atoms with Gasteiger partial charge in [0.25, 0.3) is 0 Å². The lowest BCUT2D eigenvalue weighted by Crippen LogP contribution is -1.97. The second-order valence-electron chi connectivity index (χ2n) is 6.40. The summed E-state index contributed by atoms with van der Waals surface area (Å²) in [7, 11) is 0. The molecule has 1 heterocycles. The summed E-state index contributed by atoms with van der Waals surface area (Å²) in [5, 5.41) is 2.58. The van der Waals surface area contributed by atoms with Crippen LogP contribution in [0.1, 0.15) is 0 Å². The molecule has 0 radical (unpaired) electrons. The lowest BCUT2D eigenvalue weighted by molar-refractivity contribution is 1.18. The van der Waals surface area contributed by atoms with Crippen LogP contribution in [0.4, 0.5) is 0 Å². The average molecular weight is 445 g/mol. The highest BCUT2D eigenvalue weighted by atomic mass is 127. The van der Waals surface area contributed by atoms with E-state index in [-0.39, 0.29) is 0 Å². The van der Waals surface area contributed by atoms with Gasteiger partial charge < -0.3 is 4.57 Å². The number of nitrogens with zero attached hydrogens (tertiary/aromatic N) is 1. The molecule has 0 unspecified atom stereocenters. The fourth-order valence-electron chi connectivity index (χ4n) is 3.75. The molecule has 0 aliphatic rings. The lowest BCUT2D eigenvalue weighted by Gasteiger charge is -2.14. The van der Waals surface area contributed by atoms with Crippen molar-refractivity contribution in [2.75, 3.05) is 0 Å². The maximum Gasteiger partial charge on any atom is 0.0541 e. The standard InChI is InChI=1S/C24H16IN/c25-18-9-7-8-17(16-18)19-10-1-4-13-22(19)26-23-14-5-2-11-20(23)21-12-3-6-15-24(21)26/h1-16H. The third kappa shape index (κ3) is 2.44. The van der Waals surface area contributed by atoms with E-state index in [1.54, 1.807) is 0 Å². The van der Waals surface area contributed by atoms with Gasteiger partial charge >= 0.3 is 0 Å². The summed E-state index contributed by atoms with van der Waals surface area (Å²) in [5.74, 6) is 0. The Labute approximate surface area is 166 Å². The number of rotatable bonds is 2. The van der Waals surface area contributed by atoms with Crippen LogP contribution in [0.15, 0.2) is 97.1 Å². The van der Waals surface area contributed by atoms with Crippen LogP contribution in [0.2, 0.25) is 0 Å². The summed E-state index contributed by atoms with van der Waals surface area (Å²) in [6.45, 7) is 0. The minimum Gasteiger partial charge on any atom is -0.309 e. The first-order chi connectivity index (χ1) is 12.8. The molecule has 0 atom stereocenters. The third-order valence-electron chi connectivity index (χ3n) is 4.86.